The molecule has 0 spiro atoms. The number of nitrogens with zero attached hydrogens (tertiary/aromatic N) is 4. The predicted octanol–water partition coefficient (Wildman–Crippen LogP) is 2.94. The van der Waals surface area contributed by atoms with E-state index in [2.05, 4.69) is 21.8 Å². The van der Waals surface area contributed by atoms with E-state index in [1.54, 1.807) is 66.5 Å². The molecule has 0 saturated heterocycles. The van der Waals surface area contributed by atoms with Gasteiger partial charge in [-0.05, 0) is 36.8 Å². The van der Waals surface area contributed by atoms with Crippen molar-refractivity contribution in [3.05, 3.63) is 89.1 Å². The molecule has 0 saturated carbocycles. The highest BCUT2D eigenvalue weighted by Crippen LogP contribution is 2.27. The normalized spacial score (nSPS) is 17.6. The summed E-state index contributed by atoms with van der Waals surface area (Å²) in [5.74, 6) is 4.72. The Bertz CT molecular complexity index is 1390. The fourth-order valence-corrected chi connectivity index (χ4v) is 4.27. The van der Waals surface area contributed by atoms with E-state index in [0.717, 1.165) is 5.56 Å². The molecular formula is C30H31FN4O4. The summed E-state index contributed by atoms with van der Waals surface area (Å²) < 4.78 is 20.3. The lowest BCUT2D eigenvalue weighted by Crippen LogP contribution is -2.50. The van der Waals surface area contributed by atoms with E-state index in [9.17, 15) is 19.1 Å². The van der Waals surface area contributed by atoms with Gasteiger partial charge in [0.25, 0.3) is 5.91 Å². The zero-order chi connectivity index (χ0) is 27.9. The molecule has 9 heteroatoms. The zero-order valence-electron chi connectivity index (χ0n) is 22.2. The summed E-state index contributed by atoms with van der Waals surface area (Å²) in [6.45, 7) is 4.06. The van der Waals surface area contributed by atoms with Crippen molar-refractivity contribution in [1.82, 2.24) is 19.8 Å². The lowest BCUT2D eigenvalue weighted by molar-refractivity contribution is -0.130. The van der Waals surface area contributed by atoms with Gasteiger partial charge in [-0.1, -0.05) is 37.0 Å². The van der Waals surface area contributed by atoms with E-state index in [4.69, 9.17) is 4.74 Å². The van der Waals surface area contributed by atoms with E-state index in [1.807, 2.05) is 13.0 Å². The fraction of sp³-hybridized carbons (Fsp3) is 0.333. The molecule has 39 heavy (non-hydrogen) atoms. The summed E-state index contributed by atoms with van der Waals surface area (Å²) in [5.41, 5.74) is 1.65. The number of benzene rings is 1. The summed E-state index contributed by atoms with van der Waals surface area (Å²) in [6.07, 6.45) is 4.52. The maximum atomic E-state index is 14.0. The summed E-state index contributed by atoms with van der Waals surface area (Å²) in [6, 6.07) is 10.9. The first-order valence-corrected chi connectivity index (χ1v) is 12.7. The van der Waals surface area contributed by atoms with Crippen molar-refractivity contribution in [1.29, 1.82) is 0 Å². The smallest absolute Gasteiger partial charge is 0.259 e. The van der Waals surface area contributed by atoms with Gasteiger partial charge in [0.1, 0.15) is 17.5 Å². The number of halogens is 1. The molecule has 1 N–H and O–H groups in total. The minimum absolute atomic E-state index is 0.0931. The lowest BCUT2D eigenvalue weighted by Gasteiger charge is -2.37. The van der Waals surface area contributed by atoms with E-state index < -0.39 is 18.0 Å². The maximum absolute atomic E-state index is 14.0. The monoisotopic (exact) mass is 530 g/mol. The summed E-state index contributed by atoms with van der Waals surface area (Å²) in [4.78, 5) is 38.1. The second kappa shape index (κ2) is 12.5. The van der Waals surface area contributed by atoms with Gasteiger partial charge in [-0.15, -0.1) is 0 Å². The number of pyridine rings is 2. The predicted molar refractivity (Wildman–Crippen MR) is 143 cm³/mol. The summed E-state index contributed by atoms with van der Waals surface area (Å²) in [7, 11) is 1.71. The summed E-state index contributed by atoms with van der Waals surface area (Å²) in [5, 5.41) is 9.86. The number of carbonyl (C=O) groups is 2. The van der Waals surface area contributed by atoms with E-state index in [0.29, 0.717) is 12.1 Å². The number of aliphatic hydroxyl groups is 1. The largest absolute Gasteiger partial charge is 0.472 e. The standard InChI is InChI=1S/C30H31FN4O4/c1-20-17-35(21(2)19-36)30(38)25-13-23(10-11-24-8-4-5-9-26(24)31)16-33-29(25)39-27(20)18-34(3)28(37)14-22-7-6-12-32-15-22/h4-9,12-13,15-16,20-21,27,36H,14,17-19H2,1-3H3/t20-,21+,27+/m1/s1. The second-order valence-corrected chi connectivity index (χ2v) is 9.74. The van der Waals surface area contributed by atoms with Crippen molar-refractivity contribution in [2.45, 2.75) is 32.4 Å². The topological polar surface area (TPSA) is 95.9 Å². The third kappa shape index (κ3) is 6.78. The molecule has 3 heterocycles. The average molecular weight is 531 g/mol. The van der Waals surface area contributed by atoms with Gasteiger partial charge in [-0.3, -0.25) is 14.6 Å². The van der Waals surface area contributed by atoms with Crippen molar-refractivity contribution in [2.24, 2.45) is 5.92 Å². The van der Waals surface area contributed by atoms with Crippen molar-refractivity contribution in [3.8, 4) is 17.7 Å². The Labute approximate surface area is 227 Å². The first kappa shape index (κ1) is 27.7. The van der Waals surface area contributed by atoms with Gasteiger partial charge in [0.15, 0.2) is 0 Å². The van der Waals surface area contributed by atoms with Crippen LogP contribution in [0.3, 0.4) is 0 Å². The summed E-state index contributed by atoms with van der Waals surface area (Å²) >= 11 is 0. The van der Waals surface area contributed by atoms with Gasteiger partial charge in [0.05, 0.1) is 31.2 Å². The average Bonchev–Trinajstić information content (AvgIpc) is 2.94. The number of aromatic nitrogens is 2. The molecule has 8 nitrogen and oxygen atoms in total. The van der Waals surface area contributed by atoms with Gasteiger partial charge in [0.2, 0.25) is 11.8 Å². The van der Waals surface area contributed by atoms with Crippen molar-refractivity contribution in [2.75, 3.05) is 26.7 Å². The van der Waals surface area contributed by atoms with Crippen LogP contribution >= 0.6 is 0 Å². The van der Waals surface area contributed by atoms with E-state index >= 15 is 0 Å². The Kier molecular flexibility index (Phi) is 8.89. The molecule has 0 unspecified atom stereocenters. The van der Waals surface area contributed by atoms with E-state index in [-0.39, 0.29) is 54.3 Å². The molecule has 1 aliphatic rings. The number of fused-ring (bicyclic) bond motifs is 1. The zero-order valence-corrected chi connectivity index (χ0v) is 22.2. The fourth-order valence-electron chi connectivity index (χ4n) is 4.27. The molecule has 0 aliphatic carbocycles. The Morgan fingerprint density at radius 2 is 2.05 bits per heavy atom. The molecule has 4 rings (SSSR count). The number of likely N-dealkylation sites (N-methyl/N-ethyl adjacent to an activating group) is 1. The minimum Gasteiger partial charge on any atom is -0.472 e. The molecule has 2 amide bonds. The van der Waals surface area contributed by atoms with Crippen LogP contribution in [0.25, 0.3) is 0 Å². The minimum atomic E-state index is -0.476. The van der Waals surface area contributed by atoms with Crippen LogP contribution in [-0.2, 0) is 11.2 Å². The van der Waals surface area contributed by atoms with Gasteiger partial charge in [-0.25, -0.2) is 9.37 Å². The van der Waals surface area contributed by atoms with Crippen LogP contribution in [0.15, 0.2) is 61.1 Å². The van der Waals surface area contributed by atoms with Crippen molar-refractivity contribution < 1.29 is 23.8 Å². The second-order valence-electron chi connectivity index (χ2n) is 9.74. The van der Waals surface area contributed by atoms with Gasteiger partial charge < -0.3 is 19.6 Å². The molecule has 3 aromatic rings. The van der Waals surface area contributed by atoms with Crippen molar-refractivity contribution >= 4 is 11.8 Å². The first-order valence-electron chi connectivity index (χ1n) is 12.7. The maximum Gasteiger partial charge on any atom is 0.259 e. The molecule has 0 bridgehead atoms. The first-order chi connectivity index (χ1) is 18.8. The van der Waals surface area contributed by atoms with Crippen LogP contribution in [0.4, 0.5) is 4.39 Å². The number of amides is 2. The van der Waals surface area contributed by atoms with Gasteiger partial charge >= 0.3 is 0 Å². The number of hydrogen-bond acceptors (Lipinski definition) is 6. The molecule has 0 radical (unpaired) electrons. The van der Waals surface area contributed by atoms with Crippen LogP contribution in [0, 0.1) is 23.6 Å². The number of carbonyl (C=O) groups excluding carboxylic acids is 2. The van der Waals surface area contributed by atoms with Crippen LogP contribution in [0.1, 0.15) is 40.9 Å². The molecule has 1 aliphatic heterocycles. The number of rotatable bonds is 6. The highest BCUT2D eigenvalue weighted by atomic mass is 19.1. The Hall–Kier alpha value is -4.29. The SMILES string of the molecule is C[C@@H]1CN([C@@H](C)CO)C(=O)c2cc(C#Cc3ccccc3F)cnc2O[C@H]1CN(C)C(=O)Cc1cccnc1. The number of hydrogen-bond donors (Lipinski definition) is 1. The number of ether oxygens (including phenoxy) is 1. The van der Waals surface area contributed by atoms with Crippen molar-refractivity contribution in [3.63, 3.8) is 0 Å². The third-order valence-corrected chi connectivity index (χ3v) is 6.69. The molecule has 1 aromatic carbocycles. The lowest BCUT2D eigenvalue weighted by atomic mass is 9.99. The van der Waals surface area contributed by atoms with E-state index in [1.165, 1.54) is 12.3 Å². The quantitative estimate of drug-likeness (QED) is 0.493. The van der Waals surface area contributed by atoms with Gasteiger partial charge in [-0.2, -0.15) is 0 Å². The number of aliphatic hydroxyl groups excluding tert-OH is 1. The molecule has 202 valence electrons. The molecule has 0 fully saturated rings. The Balaban J connectivity index is 1.62. The highest BCUT2D eigenvalue weighted by molar-refractivity contribution is 5.97. The third-order valence-electron chi connectivity index (χ3n) is 6.69. The van der Waals surface area contributed by atoms with Crippen LogP contribution in [0.2, 0.25) is 0 Å². The molecule has 3 atom stereocenters. The Morgan fingerprint density at radius 1 is 1.26 bits per heavy atom. The van der Waals surface area contributed by atoms with Crippen LogP contribution < -0.4 is 4.74 Å². The Morgan fingerprint density at radius 3 is 2.77 bits per heavy atom. The molecular weight excluding hydrogens is 499 g/mol. The van der Waals surface area contributed by atoms with Crippen LogP contribution in [0.5, 0.6) is 5.88 Å². The molecule has 2 aromatic heterocycles. The van der Waals surface area contributed by atoms with Crippen LogP contribution in [-0.4, -0.2) is 75.6 Å². The highest BCUT2D eigenvalue weighted by Gasteiger charge is 2.34. The van der Waals surface area contributed by atoms with Gasteiger partial charge in [0, 0.05) is 43.7 Å².